The lowest BCUT2D eigenvalue weighted by molar-refractivity contribution is 0.111. The summed E-state index contributed by atoms with van der Waals surface area (Å²) in [6, 6.07) is 6.92. The van der Waals surface area contributed by atoms with Crippen LogP contribution in [-0.4, -0.2) is 20.9 Å². The highest BCUT2D eigenvalue weighted by atomic mass is 16.3. The first kappa shape index (κ1) is 9.45. The van der Waals surface area contributed by atoms with Gasteiger partial charge in [0, 0.05) is 12.7 Å². The highest BCUT2D eigenvalue weighted by Crippen LogP contribution is 2.10. The van der Waals surface area contributed by atoms with Gasteiger partial charge in [0.1, 0.15) is 11.4 Å². The Kier molecular flexibility index (Phi) is 2.49. The molecular weight excluding hydrogens is 192 g/mol. The minimum atomic E-state index is 0.248. The van der Waals surface area contributed by atoms with Gasteiger partial charge in [-0.1, -0.05) is 12.1 Å². The van der Waals surface area contributed by atoms with Crippen LogP contribution in [0.4, 0.5) is 0 Å². The van der Waals surface area contributed by atoms with Crippen LogP contribution in [0.15, 0.2) is 36.8 Å². The molecule has 0 radical (unpaired) electrons. The van der Waals surface area contributed by atoms with E-state index in [0.717, 1.165) is 5.56 Å². The maximum Gasteiger partial charge on any atom is 0.169 e. The standard InChI is InChI=1S/C11H10N2O2/c14-7-10-6-13(8-12-10)5-9-1-3-11(15)4-2-9/h1-4,6-8,15H,5H2. The van der Waals surface area contributed by atoms with Crippen molar-refractivity contribution in [1.82, 2.24) is 9.55 Å². The van der Waals surface area contributed by atoms with Crippen molar-refractivity contribution in [1.29, 1.82) is 0 Å². The number of hydrogen-bond donors (Lipinski definition) is 1. The van der Waals surface area contributed by atoms with E-state index >= 15 is 0 Å². The predicted octanol–water partition coefficient (Wildman–Crippen LogP) is 1.45. The zero-order valence-corrected chi connectivity index (χ0v) is 8.00. The Bertz CT molecular complexity index is 460. The summed E-state index contributed by atoms with van der Waals surface area (Å²) in [5.74, 6) is 0.248. The van der Waals surface area contributed by atoms with E-state index in [0.29, 0.717) is 18.5 Å². The molecule has 0 aliphatic heterocycles. The average Bonchev–Trinajstić information content (AvgIpc) is 2.69. The predicted molar refractivity (Wildman–Crippen MR) is 54.8 cm³/mol. The Morgan fingerprint density at radius 3 is 2.67 bits per heavy atom. The number of aldehydes is 1. The monoisotopic (exact) mass is 202 g/mol. The Labute approximate surface area is 86.8 Å². The van der Waals surface area contributed by atoms with Crippen LogP contribution in [0.3, 0.4) is 0 Å². The van der Waals surface area contributed by atoms with Crippen LogP contribution in [-0.2, 0) is 6.54 Å². The second-order valence-corrected chi connectivity index (χ2v) is 3.26. The van der Waals surface area contributed by atoms with Crippen LogP contribution in [0.5, 0.6) is 5.75 Å². The van der Waals surface area contributed by atoms with E-state index in [9.17, 15) is 4.79 Å². The van der Waals surface area contributed by atoms with Gasteiger partial charge in [0.15, 0.2) is 6.29 Å². The molecule has 4 nitrogen and oxygen atoms in total. The van der Waals surface area contributed by atoms with E-state index in [-0.39, 0.29) is 5.75 Å². The Balaban J connectivity index is 2.14. The molecule has 2 rings (SSSR count). The lowest BCUT2D eigenvalue weighted by Gasteiger charge is -2.01. The van der Waals surface area contributed by atoms with E-state index in [1.807, 2.05) is 16.7 Å². The topological polar surface area (TPSA) is 55.1 Å². The molecule has 2 aromatic rings. The molecule has 1 aromatic carbocycles. The number of hydrogen-bond acceptors (Lipinski definition) is 3. The highest BCUT2D eigenvalue weighted by molar-refractivity contribution is 5.70. The molecule has 0 aliphatic carbocycles. The number of phenols is 1. The molecule has 0 aliphatic rings. The van der Waals surface area contributed by atoms with Crippen LogP contribution >= 0.6 is 0 Å². The molecule has 76 valence electrons. The molecule has 1 heterocycles. The minimum absolute atomic E-state index is 0.248. The number of nitrogens with zero attached hydrogens (tertiary/aromatic N) is 2. The summed E-state index contributed by atoms with van der Waals surface area (Å²) in [4.78, 5) is 14.3. The Morgan fingerprint density at radius 2 is 2.07 bits per heavy atom. The lowest BCUT2D eigenvalue weighted by Crippen LogP contribution is -1.95. The van der Waals surface area contributed by atoms with Crippen molar-refractivity contribution in [3.05, 3.63) is 48.0 Å². The van der Waals surface area contributed by atoms with Gasteiger partial charge in [0.05, 0.1) is 6.33 Å². The first-order valence-corrected chi connectivity index (χ1v) is 4.53. The zero-order chi connectivity index (χ0) is 10.7. The second kappa shape index (κ2) is 3.96. The normalized spacial score (nSPS) is 10.1. The van der Waals surface area contributed by atoms with Crippen LogP contribution in [0.25, 0.3) is 0 Å². The van der Waals surface area contributed by atoms with Crippen LogP contribution in [0.1, 0.15) is 16.1 Å². The van der Waals surface area contributed by atoms with E-state index in [2.05, 4.69) is 4.98 Å². The van der Waals surface area contributed by atoms with Crippen molar-refractivity contribution in [2.45, 2.75) is 6.54 Å². The number of rotatable bonds is 3. The second-order valence-electron chi connectivity index (χ2n) is 3.26. The number of phenolic OH excluding ortho intramolecular Hbond substituents is 1. The number of aromatic hydroxyl groups is 1. The first-order chi connectivity index (χ1) is 7.28. The van der Waals surface area contributed by atoms with Crippen LogP contribution in [0.2, 0.25) is 0 Å². The maximum absolute atomic E-state index is 10.4. The summed E-state index contributed by atoms with van der Waals surface area (Å²) in [7, 11) is 0. The van der Waals surface area contributed by atoms with Crippen molar-refractivity contribution >= 4 is 6.29 Å². The lowest BCUT2D eigenvalue weighted by atomic mass is 10.2. The van der Waals surface area contributed by atoms with Crippen molar-refractivity contribution in [2.75, 3.05) is 0 Å². The summed E-state index contributed by atoms with van der Waals surface area (Å²) < 4.78 is 1.82. The zero-order valence-electron chi connectivity index (χ0n) is 8.00. The molecule has 0 amide bonds. The van der Waals surface area contributed by atoms with Crippen molar-refractivity contribution in [2.24, 2.45) is 0 Å². The van der Waals surface area contributed by atoms with Crippen molar-refractivity contribution in [3.8, 4) is 5.75 Å². The molecule has 0 saturated carbocycles. The average molecular weight is 202 g/mol. The third kappa shape index (κ3) is 2.22. The third-order valence-corrected chi connectivity index (χ3v) is 2.08. The van der Waals surface area contributed by atoms with Crippen molar-refractivity contribution < 1.29 is 9.90 Å². The molecule has 0 atom stereocenters. The molecule has 0 spiro atoms. The van der Waals surface area contributed by atoms with E-state index in [1.54, 1.807) is 24.7 Å². The molecule has 0 unspecified atom stereocenters. The fourth-order valence-electron chi connectivity index (χ4n) is 1.34. The van der Waals surface area contributed by atoms with Gasteiger partial charge in [-0.25, -0.2) is 4.98 Å². The van der Waals surface area contributed by atoms with Gasteiger partial charge in [-0.2, -0.15) is 0 Å². The quantitative estimate of drug-likeness (QED) is 0.766. The maximum atomic E-state index is 10.4. The summed E-state index contributed by atoms with van der Waals surface area (Å²) in [5, 5.41) is 9.10. The number of carbonyl (C=O) groups is 1. The molecule has 0 fully saturated rings. The Morgan fingerprint density at radius 1 is 1.33 bits per heavy atom. The van der Waals surface area contributed by atoms with E-state index in [1.165, 1.54) is 0 Å². The van der Waals surface area contributed by atoms with Gasteiger partial charge in [-0.15, -0.1) is 0 Å². The molecular formula is C11H10N2O2. The SMILES string of the molecule is O=Cc1cn(Cc2ccc(O)cc2)cn1. The molecule has 15 heavy (non-hydrogen) atoms. The number of benzene rings is 1. The fraction of sp³-hybridized carbons (Fsp3) is 0.0909. The van der Waals surface area contributed by atoms with Crippen LogP contribution in [0, 0.1) is 0 Å². The summed E-state index contributed by atoms with van der Waals surface area (Å²) in [6.07, 6.45) is 4.00. The molecule has 4 heteroatoms. The Hall–Kier alpha value is -2.10. The third-order valence-electron chi connectivity index (χ3n) is 2.08. The molecule has 0 bridgehead atoms. The fourth-order valence-corrected chi connectivity index (χ4v) is 1.34. The number of carbonyl (C=O) groups excluding carboxylic acids is 1. The smallest absolute Gasteiger partial charge is 0.169 e. The largest absolute Gasteiger partial charge is 0.508 e. The summed E-state index contributed by atoms with van der Waals surface area (Å²) in [5.41, 5.74) is 1.47. The van der Waals surface area contributed by atoms with E-state index < -0.39 is 0 Å². The number of aromatic nitrogens is 2. The van der Waals surface area contributed by atoms with Gasteiger partial charge in [-0.05, 0) is 17.7 Å². The first-order valence-electron chi connectivity index (χ1n) is 4.53. The van der Waals surface area contributed by atoms with Crippen LogP contribution < -0.4 is 0 Å². The molecule has 1 N–H and O–H groups in total. The van der Waals surface area contributed by atoms with E-state index in [4.69, 9.17) is 5.11 Å². The molecule has 0 saturated heterocycles. The van der Waals surface area contributed by atoms with Crippen molar-refractivity contribution in [3.63, 3.8) is 0 Å². The van der Waals surface area contributed by atoms with Gasteiger partial charge in [0.2, 0.25) is 0 Å². The minimum Gasteiger partial charge on any atom is -0.508 e. The van der Waals surface area contributed by atoms with Gasteiger partial charge in [-0.3, -0.25) is 4.79 Å². The summed E-state index contributed by atoms with van der Waals surface area (Å²) in [6.45, 7) is 0.640. The number of imidazole rings is 1. The van der Waals surface area contributed by atoms with Gasteiger partial charge < -0.3 is 9.67 Å². The van der Waals surface area contributed by atoms with Gasteiger partial charge >= 0.3 is 0 Å². The highest BCUT2D eigenvalue weighted by Gasteiger charge is 1.98. The van der Waals surface area contributed by atoms with Gasteiger partial charge in [0.25, 0.3) is 0 Å². The molecule has 1 aromatic heterocycles. The summed E-state index contributed by atoms with van der Waals surface area (Å²) >= 11 is 0.